The molecular weight excluding hydrogens is 320 g/mol. The second kappa shape index (κ2) is 10.4. The van der Waals surface area contributed by atoms with E-state index >= 15 is 0 Å². The van der Waals surface area contributed by atoms with Crippen LogP contribution in [0.4, 0.5) is 0 Å². The van der Waals surface area contributed by atoms with E-state index in [1.807, 2.05) is 6.92 Å². The summed E-state index contributed by atoms with van der Waals surface area (Å²) in [5.74, 6) is 0.110. The Hall–Kier alpha value is -1.63. The van der Waals surface area contributed by atoms with Crippen LogP contribution >= 0.6 is 0 Å². The van der Waals surface area contributed by atoms with Crippen molar-refractivity contribution in [2.45, 2.75) is 57.9 Å². The Morgan fingerprint density at radius 3 is 2.52 bits per heavy atom. The summed E-state index contributed by atoms with van der Waals surface area (Å²) in [4.78, 5) is 39.8. The van der Waals surface area contributed by atoms with E-state index < -0.39 is 0 Å². The normalized spacial score (nSPS) is 20.2. The van der Waals surface area contributed by atoms with E-state index in [0.717, 1.165) is 58.2 Å². The molecule has 2 saturated heterocycles. The first-order valence-corrected chi connectivity index (χ1v) is 9.64. The lowest BCUT2D eigenvalue weighted by Crippen LogP contribution is -2.49. The van der Waals surface area contributed by atoms with Gasteiger partial charge in [0.2, 0.25) is 17.7 Å². The summed E-state index contributed by atoms with van der Waals surface area (Å²) in [6.45, 7) is 5.69. The van der Waals surface area contributed by atoms with Crippen LogP contribution in [0.25, 0.3) is 0 Å². The van der Waals surface area contributed by atoms with Gasteiger partial charge in [-0.15, -0.1) is 0 Å². The average molecular weight is 352 g/mol. The standard InChI is InChI=1S/C18H32N4O3/c1-2-9-19-16(23)13-21-11-7-15(8-12-21)20-17(24)14-22-10-5-3-4-6-18(22)25/h15H,2-14H2,1H3,(H,19,23)(H,20,24). The highest BCUT2D eigenvalue weighted by Gasteiger charge is 2.24. The molecule has 0 spiro atoms. The largest absolute Gasteiger partial charge is 0.355 e. The lowest BCUT2D eigenvalue weighted by molar-refractivity contribution is -0.135. The number of nitrogens with one attached hydrogen (secondary N) is 2. The van der Waals surface area contributed by atoms with Crippen molar-refractivity contribution in [2.75, 3.05) is 39.3 Å². The summed E-state index contributed by atoms with van der Waals surface area (Å²) in [5, 5.41) is 5.95. The quantitative estimate of drug-likeness (QED) is 0.699. The maximum atomic E-state index is 12.2. The average Bonchev–Trinajstić information content (AvgIpc) is 2.79. The van der Waals surface area contributed by atoms with E-state index in [-0.39, 0.29) is 30.3 Å². The van der Waals surface area contributed by atoms with Gasteiger partial charge in [-0.3, -0.25) is 19.3 Å². The van der Waals surface area contributed by atoms with Gasteiger partial charge in [0.05, 0.1) is 13.1 Å². The zero-order chi connectivity index (χ0) is 18.1. The maximum Gasteiger partial charge on any atom is 0.239 e. The number of likely N-dealkylation sites (tertiary alicyclic amines) is 2. The highest BCUT2D eigenvalue weighted by atomic mass is 16.2. The van der Waals surface area contributed by atoms with Gasteiger partial charge in [-0.1, -0.05) is 13.3 Å². The summed E-state index contributed by atoms with van der Waals surface area (Å²) in [7, 11) is 0. The Kier molecular flexibility index (Phi) is 8.18. The molecule has 2 aliphatic heterocycles. The molecule has 0 aromatic heterocycles. The molecule has 3 amide bonds. The van der Waals surface area contributed by atoms with Crippen molar-refractivity contribution in [1.29, 1.82) is 0 Å². The first kappa shape index (κ1) is 19.7. The fraction of sp³-hybridized carbons (Fsp3) is 0.833. The van der Waals surface area contributed by atoms with Gasteiger partial charge in [-0.05, 0) is 32.1 Å². The van der Waals surface area contributed by atoms with Crippen molar-refractivity contribution in [2.24, 2.45) is 0 Å². The molecule has 0 unspecified atom stereocenters. The van der Waals surface area contributed by atoms with E-state index in [1.165, 1.54) is 0 Å². The summed E-state index contributed by atoms with van der Waals surface area (Å²) in [6, 6.07) is 0.143. The second-order valence-corrected chi connectivity index (χ2v) is 7.09. The highest BCUT2D eigenvalue weighted by Crippen LogP contribution is 2.12. The highest BCUT2D eigenvalue weighted by molar-refractivity contribution is 5.85. The van der Waals surface area contributed by atoms with Gasteiger partial charge in [-0.25, -0.2) is 0 Å². The monoisotopic (exact) mass is 352 g/mol. The van der Waals surface area contributed by atoms with Crippen molar-refractivity contribution in [3.63, 3.8) is 0 Å². The van der Waals surface area contributed by atoms with Crippen molar-refractivity contribution < 1.29 is 14.4 Å². The van der Waals surface area contributed by atoms with Gasteiger partial charge in [0.1, 0.15) is 0 Å². The van der Waals surface area contributed by atoms with E-state index in [0.29, 0.717) is 19.5 Å². The second-order valence-electron chi connectivity index (χ2n) is 7.09. The first-order chi connectivity index (χ1) is 12.1. The number of hydrogen-bond donors (Lipinski definition) is 2. The van der Waals surface area contributed by atoms with Crippen LogP contribution in [-0.2, 0) is 14.4 Å². The van der Waals surface area contributed by atoms with Gasteiger partial charge in [0.25, 0.3) is 0 Å². The van der Waals surface area contributed by atoms with Crippen molar-refractivity contribution in [1.82, 2.24) is 20.4 Å². The fourth-order valence-electron chi connectivity index (χ4n) is 3.41. The molecule has 7 heteroatoms. The maximum absolute atomic E-state index is 12.2. The third kappa shape index (κ3) is 7.02. The summed E-state index contributed by atoms with van der Waals surface area (Å²) in [6.07, 6.45) is 6.18. The van der Waals surface area contributed by atoms with Crippen LogP contribution in [0.15, 0.2) is 0 Å². The van der Waals surface area contributed by atoms with E-state index in [4.69, 9.17) is 0 Å². The Labute approximate surface area is 150 Å². The van der Waals surface area contributed by atoms with Gasteiger partial charge >= 0.3 is 0 Å². The molecule has 0 aromatic rings. The SMILES string of the molecule is CCCNC(=O)CN1CCC(NC(=O)CN2CCCCCC2=O)CC1. The van der Waals surface area contributed by atoms with Crippen LogP contribution in [0.3, 0.4) is 0 Å². The number of carbonyl (C=O) groups is 3. The molecule has 2 heterocycles. The number of hydrogen-bond acceptors (Lipinski definition) is 4. The molecule has 0 atom stereocenters. The molecule has 0 saturated carbocycles. The number of piperidine rings is 1. The van der Waals surface area contributed by atoms with Gasteiger partial charge in [0, 0.05) is 38.6 Å². The van der Waals surface area contributed by atoms with E-state index in [9.17, 15) is 14.4 Å². The number of nitrogens with zero attached hydrogens (tertiary/aromatic N) is 2. The van der Waals surface area contributed by atoms with Crippen molar-refractivity contribution in [3.05, 3.63) is 0 Å². The number of carbonyl (C=O) groups excluding carboxylic acids is 3. The predicted molar refractivity (Wildman–Crippen MR) is 96.0 cm³/mol. The van der Waals surface area contributed by atoms with E-state index in [1.54, 1.807) is 4.90 Å². The van der Waals surface area contributed by atoms with Gasteiger partial charge < -0.3 is 15.5 Å². The third-order valence-corrected chi connectivity index (χ3v) is 4.90. The lowest BCUT2D eigenvalue weighted by Gasteiger charge is -2.32. The summed E-state index contributed by atoms with van der Waals surface area (Å²) < 4.78 is 0. The molecule has 25 heavy (non-hydrogen) atoms. The fourth-order valence-corrected chi connectivity index (χ4v) is 3.41. The first-order valence-electron chi connectivity index (χ1n) is 9.64. The van der Waals surface area contributed by atoms with Gasteiger partial charge in [0.15, 0.2) is 0 Å². The minimum absolute atomic E-state index is 0.0608. The minimum atomic E-state index is -0.0608. The summed E-state index contributed by atoms with van der Waals surface area (Å²) >= 11 is 0. The van der Waals surface area contributed by atoms with Crippen molar-refractivity contribution in [3.8, 4) is 0 Å². The molecule has 0 bridgehead atoms. The zero-order valence-corrected chi connectivity index (χ0v) is 15.4. The molecule has 2 aliphatic rings. The molecule has 2 N–H and O–H groups in total. The van der Waals surface area contributed by atoms with Crippen LogP contribution in [-0.4, -0.2) is 72.8 Å². The Morgan fingerprint density at radius 2 is 1.80 bits per heavy atom. The third-order valence-electron chi connectivity index (χ3n) is 4.90. The topological polar surface area (TPSA) is 81.8 Å². The predicted octanol–water partition coefficient (Wildman–Crippen LogP) is 0.496. The molecular formula is C18H32N4O3. The van der Waals surface area contributed by atoms with Gasteiger partial charge in [-0.2, -0.15) is 0 Å². The molecule has 2 fully saturated rings. The smallest absolute Gasteiger partial charge is 0.239 e. The molecule has 7 nitrogen and oxygen atoms in total. The Morgan fingerprint density at radius 1 is 1.04 bits per heavy atom. The van der Waals surface area contributed by atoms with Crippen LogP contribution in [0, 0.1) is 0 Å². The molecule has 2 rings (SSSR count). The van der Waals surface area contributed by atoms with Crippen LogP contribution in [0.1, 0.15) is 51.9 Å². The Balaban J connectivity index is 1.66. The van der Waals surface area contributed by atoms with E-state index in [2.05, 4.69) is 15.5 Å². The molecule has 142 valence electrons. The summed E-state index contributed by atoms with van der Waals surface area (Å²) in [5.41, 5.74) is 0. The lowest BCUT2D eigenvalue weighted by atomic mass is 10.0. The van der Waals surface area contributed by atoms with Crippen LogP contribution < -0.4 is 10.6 Å². The van der Waals surface area contributed by atoms with Crippen LogP contribution in [0.5, 0.6) is 0 Å². The van der Waals surface area contributed by atoms with Crippen molar-refractivity contribution >= 4 is 17.7 Å². The number of rotatable bonds is 7. The molecule has 0 aromatic carbocycles. The molecule has 0 radical (unpaired) electrons. The zero-order valence-electron chi connectivity index (χ0n) is 15.4. The molecule has 0 aliphatic carbocycles. The van der Waals surface area contributed by atoms with Crippen LogP contribution in [0.2, 0.25) is 0 Å². The number of amides is 3. The minimum Gasteiger partial charge on any atom is -0.355 e. The Bertz CT molecular complexity index is 461.